The summed E-state index contributed by atoms with van der Waals surface area (Å²) in [5.41, 5.74) is 3.96. The van der Waals surface area contributed by atoms with E-state index in [4.69, 9.17) is 4.74 Å². The molecule has 3 aromatic carbocycles. The Labute approximate surface area is 201 Å². The summed E-state index contributed by atoms with van der Waals surface area (Å²) >= 11 is 3.41. The maximum absolute atomic E-state index is 12.6. The lowest BCUT2D eigenvalue weighted by atomic mass is 10.1. The Morgan fingerprint density at radius 2 is 1.79 bits per heavy atom. The van der Waals surface area contributed by atoms with E-state index in [1.807, 2.05) is 56.3 Å². The smallest absolute Gasteiger partial charge is 0.266 e. The van der Waals surface area contributed by atoms with Gasteiger partial charge in [0.05, 0.1) is 4.47 Å². The highest BCUT2D eigenvalue weighted by Crippen LogP contribution is 2.27. The molecule has 0 aliphatic carbocycles. The standard InChI is InChI=1S/C26H22BrN3O3/c1-17-8-10-23(18(2)12-17)30-26(32)20(15-28)13-19-9-11-24(22(27)14-19)33-16-25(31)29-21-6-4-3-5-7-21/h3-14H,16H2,1-2H3,(H,29,31)(H,30,32)/b20-13+. The lowest BCUT2D eigenvalue weighted by molar-refractivity contribution is -0.118. The molecule has 0 saturated heterocycles. The number of rotatable bonds is 7. The summed E-state index contributed by atoms with van der Waals surface area (Å²) in [6.07, 6.45) is 1.50. The lowest BCUT2D eigenvalue weighted by Gasteiger charge is -2.10. The molecule has 0 spiro atoms. The highest BCUT2D eigenvalue weighted by Gasteiger charge is 2.12. The summed E-state index contributed by atoms with van der Waals surface area (Å²) in [5.74, 6) is -0.306. The van der Waals surface area contributed by atoms with Gasteiger partial charge in [-0.1, -0.05) is 42.0 Å². The van der Waals surface area contributed by atoms with Crippen molar-refractivity contribution >= 4 is 45.2 Å². The number of para-hydroxylation sites is 1. The van der Waals surface area contributed by atoms with Crippen LogP contribution >= 0.6 is 15.9 Å². The average Bonchev–Trinajstić information content (AvgIpc) is 2.79. The van der Waals surface area contributed by atoms with Crippen molar-refractivity contribution in [3.05, 3.63) is 93.5 Å². The van der Waals surface area contributed by atoms with E-state index in [-0.39, 0.29) is 18.1 Å². The van der Waals surface area contributed by atoms with Crippen molar-refractivity contribution in [3.8, 4) is 11.8 Å². The van der Waals surface area contributed by atoms with Gasteiger partial charge in [-0.3, -0.25) is 9.59 Å². The van der Waals surface area contributed by atoms with Crippen molar-refractivity contribution in [2.45, 2.75) is 13.8 Å². The predicted octanol–water partition coefficient (Wildman–Crippen LogP) is 5.63. The van der Waals surface area contributed by atoms with Gasteiger partial charge in [0.2, 0.25) is 0 Å². The maximum Gasteiger partial charge on any atom is 0.266 e. The number of carbonyl (C=O) groups excluding carboxylic acids is 2. The van der Waals surface area contributed by atoms with Gasteiger partial charge in [0.25, 0.3) is 11.8 Å². The van der Waals surface area contributed by atoms with Gasteiger partial charge >= 0.3 is 0 Å². The molecule has 6 nitrogen and oxygen atoms in total. The van der Waals surface area contributed by atoms with E-state index in [1.54, 1.807) is 30.3 Å². The van der Waals surface area contributed by atoms with Crippen LogP contribution < -0.4 is 15.4 Å². The molecular formula is C26H22BrN3O3. The summed E-state index contributed by atoms with van der Waals surface area (Å²) in [6.45, 7) is 3.71. The fourth-order valence-corrected chi connectivity index (χ4v) is 3.56. The number of nitrogens with one attached hydrogen (secondary N) is 2. The second kappa shape index (κ2) is 11.1. The third kappa shape index (κ3) is 6.79. The fourth-order valence-electron chi connectivity index (χ4n) is 3.04. The Balaban J connectivity index is 1.65. The van der Waals surface area contributed by atoms with Crippen LogP contribution in [0.2, 0.25) is 0 Å². The summed E-state index contributed by atoms with van der Waals surface area (Å²) in [6, 6.07) is 21.8. The molecule has 0 aromatic heterocycles. The number of amides is 2. The van der Waals surface area contributed by atoms with Gasteiger partial charge in [0, 0.05) is 11.4 Å². The van der Waals surface area contributed by atoms with Gasteiger partial charge in [0.1, 0.15) is 17.4 Å². The van der Waals surface area contributed by atoms with Gasteiger partial charge in [0.15, 0.2) is 6.61 Å². The third-order valence-electron chi connectivity index (χ3n) is 4.68. The average molecular weight is 504 g/mol. The molecule has 2 N–H and O–H groups in total. The topological polar surface area (TPSA) is 91.2 Å². The summed E-state index contributed by atoms with van der Waals surface area (Å²) in [7, 11) is 0. The van der Waals surface area contributed by atoms with Crippen LogP contribution in [0.15, 0.2) is 76.8 Å². The molecule has 3 rings (SSSR count). The normalized spacial score (nSPS) is 10.8. The minimum atomic E-state index is -0.488. The first-order valence-corrected chi connectivity index (χ1v) is 10.9. The minimum absolute atomic E-state index is 0.0298. The second-order valence-corrected chi connectivity index (χ2v) is 8.19. The fraction of sp³-hybridized carbons (Fsp3) is 0.115. The number of hydrogen-bond donors (Lipinski definition) is 2. The molecule has 0 unspecified atom stereocenters. The molecule has 166 valence electrons. The molecule has 0 fully saturated rings. The molecule has 0 aliphatic rings. The van der Waals surface area contributed by atoms with Crippen LogP contribution in [0.1, 0.15) is 16.7 Å². The van der Waals surface area contributed by atoms with Gasteiger partial charge in [-0.25, -0.2) is 0 Å². The molecule has 0 heterocycles. The van der Waals surface area contributed by atoms with Crippen LogP contribution in [0.4, 0.5) is 11.4 Å². The summed E-state index contributed by atoms with van der Waals surface area (Å²) < 4.78 is 6.18. The van der Waals surface area contributed by atoms with E-state index >= 15 is 0 Å². The third-order valence-corrected chi connectivity index (χ3v) is 5.30. The van der Waals surface area contributed by atoms with Crippen LogP contribution in [0.3, 0.4) is 0 Å². The molecule has 2 amide bonds. The Kier molecular flexibility index (Phi) is 8.01. The van der Waals surface area contributed by atoms with Gasteiger partial charge in [-0.05, 0) is 77.3 Å². The van der Waals surface area contributed by atoms with Crippen LogP contribution in [0.25, 0.3) is 6.08 Å². The number of nitrogens with zero attached hydrogens (tertiary/aromatic N) is 1. The van der Waals surface area contributed by atoms with E-state index in [2.05, 4.69) is 26.6 Å². The lowest BCUT2D eigenvalue weighted by Crippen LogP contribution is -2.20. The molecular weight excluding hydrogens is 482 g/mol. The van der Waals surface area contributed by atoms with E-state index in [0.29, 0.717) is 27.2 Å². The number of carbonyl (C=O) groups is 2. The van der Waals surface area contributed by atoms with E-state index < -0.39 is 5.91 Å². The summed E-state index contributed by atoms with van der Waals surface area (Å²) in [5, 5.41) is 15.0. The number of anilines is 2. The SMILES string of the molecule is Cc1ccc(NC(=O)/C(C#N)=C/c2ccc(OCC(=O)Nc3ccccc3)c(Br)c2)c(C)c1. The van der Waals surface area contributed by atoms with Gasteiger partial charge in [-0.2, -0.15) is 5.26 Å². The number of nitriles is 1. The first kappa shape index (κ1) is 23.8. The zero-order valence-corrected chi connectivity index (χ0v) is 19.8. The van der Waals surface area contributed by atoms with Crippen molar-refractivity contribution in [1.29, 1.82) is 5.26 Å². The molecule has 3 aromatic rings. The van der Waals surface area contributed by atoms with E-state index in [0.717, 1.165) is 11.1 Å². The number of ether oxygens (including phenoxy) is 1. The Hall–Kier alpha value is -3.89. The molecule has 0 atom stereocenters. The molecule has 0 radical (unpaired) electrons. The maximum atomic E-state index is 12.6. The monoisotopic (exact) mass is 503 g/mol. The number of aryl methyl sites for hydroxylation is 2. The van der Waals surface area contributed by atoms with Gasteiger partial charge < -0.3 is 15.4 Å². The van der Waals surface area contributed by atoms with Crippen LogP contribution in [-0.2, 0) is 9.59 Å². The molecule has 33 heavy (non-hydrogen) atoms. The largest absolute Gasteiger partial charge is 0.483 e. The quantitative estimate of drug-likeness (QED) is 0.322. The van der Waals surface area contributed by atoms with Crippen LogP contribution in [0, 0.1) is 25.2 Å². The Morgan fingerprint density at radius 1 is 1.03 bits per heavy atom. The zero-order chi connectivity index (χ0) is 23.8. The highest BCUT2D eigenvalue weighted by atomic mass is 79.9. The molecule has 7 heteroatoms. The second-order valence-electron chi connectivity index (χ2n) is 7.34. The minimum Gasteiger partial charge on any atom is -0.483 e. The molecule has 0 bridgehead atoms. The number of benzene rings is 3. The zero-order valence-electron chi connectivity index (χ0n) is 18.2. The first-order chi connectivity index (χ1) is 15.9. The van der Waals surface area contributed by atoms with Crippen molar-refractivity contribution in [1.82, 2.24) is 0 Å². The Morgan fingerprint density at radius 3 is 2.45 bits per heavy atom. The van der Waals surface area contributed by atoms with Crippen molar-refractivity contribution in [2.75, 3.05) is 17.2 Å². The first-order valence-electron chi connectivity index (χ1n) is 10.1. The molecule has 0 aliphatic heterocycles. The predicted molar refractivity (Wildman–Crippen MR) is 133 cm³/mol. The van der Waals surface area contributed by atoms with Crippen LogP contribution in [-0.4, -0.2) is 18.4 Å². The number of hydrogen-bond acceptors (Lipinski definition) is 4. The van der Waals surface area contributed by atoms with E-state index in [1.165, 1.54) is 6.08 Å². The van der Waals surface area contributed by atoms with Gasteiger partial charge in [-0.15, -0.1) is 0 Å². The summed E-state index contributed by atoms with van der Waals surface area (Å²) in [4.78, 5) is 24.7. The molecule has 0 saturated carbocycles. The number of halogens is 1. The van der Waals surface area contributed by atoms with Crippen LogP contribution in [0.5, 0.6) is 5.75 Å². The van der Waals surface area contributed by atoms with Crippen molar-refractivity contribution in [2.24, 2.45) is 0 Å². The van der Waals surface area contributed by atoms with E-state index in [9.17, 15) is 14.9 Å². The van der Waals surface area contributed by atoms with Crippen molar-refractivity contribution < 1.29 is 14.3 Å². The Bertz CT molecular complexity index is 1250. The highest BCUT2D eigenvalue weighted by molar-refractivity contribution is 9.10. The van der Waals surface area contributed by atoms with Crippen molar-refractivity contribution in [3.63, 3.8) is 0 Å².